The van der Waals surface area contributed by atoms with Gasteiger partial charge in [-0.15, -0.1) is 0 Å². The van der Waals surface area contributed by atoms with Gasteiger partial charge in [-0.05, 0) is 25.2 Å². The average molecular weight is 172 g/mol. The van der Waals surface area contributed by atoms with Crippen LogP contribution in [0, 0.1) is 11.8 Å². The Morgan fingerprint density at radius 3 is 2.08 bits per heavy atom. The SMILES string of the molecule is C[C@@H]1C[C@H](C2(O)CC2)[C@@H](O)[C@H]1O. The highest BCUT2D eigenvalue weighted by Gasteiger charge is 2.55. The minimum Gasteiger partial charge on any atom is -0.390 e. The third-order valence-corrected chi connectivity index (χ3v) is 3.42. The number of aliphatic hydroxyl groups excluding tert-OH is 2. The maximum absolute atomic E-state index is 9.76. The van der Waals surface area contributed by atoms with Crippen molar-refractivity contribution in [3.63, 3.8) is 0 Å². The van der Waals surface area contributed by atoms with E-state index >= 15 is 0 Å². The summed E-state index contributed by atoms with van der Waals surface area (Å²) < 4.78 is 0. The van der Waals surface area contributed by atoms with Crippen molar-refractivity contribution in [1.82, 2.24) is 0 Å². The number of hydrogen-bond acceptors (Lipinski definition) is 3. The van der Waals surface area contributed by atoms with Crippen LogP contribution in [-0.2, 0) is 0 Å². The van der Waals surface area contributed by atoms with Crippen LogP contribution in [0.1, 0.15) is 26.2 Å². The zero-order valence-corrected chi connectivity index (χ0v) is 7.27. The molecule has 0 amide bonds. The van der Waals surface area contributed by atoms with Crippen LogP contribution in [0.3, 0.4) is 0 Å². The van der Waals surface area contributed by atoms with Crippen molar-refractivity contribution in [2.24, 2.45) is 11.8 Å². The topological polar surface area (TPSA) is 60.7 Å². The Balaban J connectivity index is 2.09. The van der Waals surface area contributed by atoms with E-state index in [-0.39, 0.29) is 11.8 Å². The highest BCUT2D eigenvalue weighted by Crippen LogP contribution is 2.50. The Labute approximate surface area is 72.0 Å². The van der Waals surface area contributed by atoms with Gasteiger partial charge >= 0.3 is 0 Å². The minimum atomic E-state index is -0.715. The fourth-order valence-corrected chi connectivity index (χ4v) is 2.29. The monoisotopic (exact) mass is 172 g/mol. The fourth-order valence-electron chi connectivity index (χ4n) is 2.29. The molecular weight excluding hydrogens is 156 g/mol. The maximum Gasteiger partial charge on any atom is 0.0857 e. The lowest BCUT2D eigenvalue weighted by atomic mass is 9.96. The first-order valence-electron chi connectivity index (χ1n) is 4.63. The van der Waals surface area contributed by atoms with Crippen LogP contribution in [0.2, 0.25) is 0 Å². The van der Waals surface area contributed by atoms with Gasteiger partial charge < -0.3 is 15.3 Å². The third-order valence-electron chi connectivity index (χ3n) is 3.42. The maximum atomic E-state index is 9.76. The van der Waals surface area contributed by atoms with E-state index in [9.17, 15) is 15.3 Å². The van der Waals surface area contributed by atoms with Gasteiger partial charge in [-0.25, -0.2) is 0 Å². The van der Waals surface area contributed by atoms with Crippen LogP contribution in [0.4, 0.5) is 0 Å². The quantitative estimate of drug-likeness (QED) is 0.517. The number of rotatable bonds is 1. The second kappa shape index (κ2) is 2.44. The van der Waals surface area contributed by atoms with Crippen LogP contribution >= 0.6 is 0 Å². The van der Waals surface area contributed by atoms with E-state index in [0.717, 1.165) is 19.3 Å². The summed E-state index contributed by atoms with van der Waals surface area (Å²) in [5.41, 5.74) is -0.648. The molecule has 0 radical (unpaired) electrons. The Morgan fingerprint density at radius 1 is 1.17 bits per heavy atom. The molecule has 2 fully saturated rings. The number of aliphatic hydroxyl groups is 3. The van der Waals surface area contributed by atoms with Gasteiger partial charge in [0.1, 0.15) is 0 Å². The van der Waals surface area contributed by atoms with Crippen LogP contribution in [-0.4, -0.2) is 33.1 Å². The molecule has 2 rings (SSSR count). The molecule has 0 aromatic rings. The molecule has 0 aromatic carbocycles. The molecule has 4 atom stereocenters. The van der Waals surface area contributed by atoms with Crippen molar-refractivity contribution in [3.05, 3.63) is 0 Å². The van der Waals surface area contributed by atoms with Crippen LogP contribution < -0.4 is 0 Å². The summed E-state index contributed by atoms with van der Waals surface area (Å²) in [6, 6.07) is 0. The van der Waals surface area contributed by atoms with Crippen LogP contribution in [0.25, 0.3) is 0 Å². The summed E-state index contributed by atoms with van der Waals surface area (Å²) in [5.74, 6) is 0.0251. The average Bonchev–Trinajstić information content (AvgIpc) is 2.71. The molecule has 0 spiro atoms. The highest BCUT2D eigenvalue weighted by atomic mass is 16.3. The fraction of sp³-hybridized carbons (Fsp3) is 1.00. The van der Waals surface area contributed by atoms with E-state index in [0.29, 0.717) is 0 Å². The molecule has 0 heterocycles. The molecule has 0 aliphatic heterocycles. The lowest BCUT2D eigenvalue weighted by molar-refractivity contribution is -0.0346. The van der Waals surface area contributed by atoms with Crippen LogP contribution in [0.5, 0.6) is 0 Å². The molecule has 0 aromatic heterocycles. The summed E-state index contributed by atoms with van der Waals surface area (Å²) in [5, 5.41) is 28.8. The van der Waals surface area contributed by atoms with Gasteiger partial charge in [0.2, 0.25) is 0 Å². The minimum absolute atomic E-state index is 0.0949. The van der Waals surface area contributed by atoms with Crippen molar-refractivity contribution in [2.75, 3.05) is 0 Å². The first kappa shape index (κ1) is 8.48. The Hall–Kier alpha value is -0.120. The predicted octanol–water partition coefficient (Wildman–Crippen LogP) is -0.111. The Morgan fingerprint density at radius 2 is 1.75 bits per heavy atom. The largest absolute Gasteiger partial charge is 0.390 e. The Kier molecular flexibility index (Phi) is 1.72. The molecule has 70 valence electrons. The van der Waals surface area contributed by atoms with E-state index in [1.165, 1.54) is 0 Å². The molecule has 0 bridgehead atoms. The zero-order valence-electron chi connectivity index (χ0n) is 7.27. The second-order valence-corrected chi connectivity index (χ2v) is 4.40. The van der Waals surface area contributed by atoms with E-state index in [1.807, 2.05) is 6.92 Å². The third kappa shape index (κ3) is 1.08. The van der Waals surface area contributed by atoms with Gasteiger partial charge in [0.15, 0.2) is 0 Å². The molecule has 3 nitrogen and oxygen atoms in total. The lowest BCUT2D eigenvalue weighted by Gasteiger charge is -2.21. The van der Waals surface area contributed by atoms with Gasteiger partial charge in [0, 0.05) is 5.92 Å². The summed E-state index contributed by atoms with van der Waals surface area (Å²) in [4.78, 5) is 0. The molecule has 0 unspecified atom stereocenters. The van der Waals surface area contributed by atoms with Crippen molar-refractivity contribution in [3.8, 4) is 0 Å². The van der Waals surface area contributed by atoms with Crippen molar-refractivity contribution in [1.29, 1.82) is 0 Å². The van der Waals surface area contributed by atoms with Gasteiger partial charge in [-0.1, -0.05) is 6.92 Å². The van der Waals surface area contributed by atoms with Gasteiger partial charge in [-0.3, -0.25) is 0 Å². The molecule has 3 N–H and O–H groups in total. The molecular formula is C9H16O3. The van der Waals surface area contributed by atoms with Crippen molar-refractivity contribution >= 4 is 0 Å². The molecule has 0 saturated heterocycles. The van der Waals surface area contributed by atoms with E-state index in [2.05, 4.69) is 0 Å². The van der Waals surface area contributed by atoms with Gasteiger partial charge in [0.05, 0.1) is 17.8 Å². The van der Waals surface area contributed by atoms with Crippen molar-refractivity contribution in [2.45, 2.75) is 44.0 Å². The second-order valence-electron chi connectivity index (χ2n) is 4.40. The van der Waals surface area contributed by atoms with Crippen LogP contribution in [0.15, 0.2) is 0 Å². The first-order valence-corrected chi connectivity index (χ1v) is 4.63. The van der Waals surface area contributed by atoms with E-state index in [1.54, 1.807) is 0 Å². The molecule has 2 saturated carbocycles. The van der Waals surface area contributed by atoms with E-state index < -0.39 is 17.8 Å². The molecule has 2 aliphatic carbocycles. The highest BCUT2D eigenvalue weighted by molar-refractivity contribution is 5.07. The molecule has 12 heavy (non-hydrogen) atoms. The van der Waals surface area contributed by atoms with Gasteiger partial charge in [0.25, 0.3) is 0 Å². The zero-order chi connectivity index (χ0) is 8.93. The van der Waals surface area contributed by atoms with Gasteiger partial charge in [-0.2, -0.15) is 0 Å². The smallest absolute Gasteiger partial charge is 0.0857 e. The number of hydrogen-bond donors (Lipinski definition) is 3. The summed E-state index contributed by atoms with van der Waals surface area (Å²) in [6.07, 6.45) is 0.966. The predicted molar refractivity (Wildman–Crippen MR) is 43.5 cm³/mol. The van der Waals surface area contributed by atoms with Crippen molar-refractivity contribution < 1.29 is 15.3 Å². The summed E-state index contributed by atoms with van der Waals surface area (Å²) in [6.45, 7) is 1.92. The lowest BCUT2D eigenvalue weighted by Crippen LogP contribution is -2.34. The summed E-state index contributed by atoms with van der Waals surface area (Å²) in [7, 11) is 0. The Bertz CT molecular complexity index is 188. The van der Waals surface area contributed by atoms with E-state index in [4.69, 9.17) is 0 Å². The first-order chi connectivity index (χ1) is 5.54. The summed E-state index contributed by atoms with van der Waals surface area (Å²) >= 11 is 0. The standard InChI is InChI=1S/C9H16O3/c1-5-4-6(8(11)7(5)10)9(12)2-3-9/h5-8,10-12H,2-4H2,1H3/t5-,6+,7+,8-/m1/s1. The molecule has 2 aliphatic rings. The normalized spacial score (nSPS) is 51.0. The molecule has 3 heteroatoms.